The van der Waals surface area contributed by atoms with E-state index in [0.717, 1.165) is 19.4 Å². The zero-order valence-electron chi connectivity index (χ0n) is 9.44. The van der Waals surface area contributed by atoms with Crippen LogP contribution in [-0.4, -0.2) is 11.5 Å². The van der Waals surface area contributed by atoms with Crippen LogP contribution in [0.25, 0.3) is 0 Å². The van der Waals surface area contributed by atoms with Crippen LogP contribution in [0, 0.1) is 0 Å². The molecule has 16 heavy (non-hydrogen) atoms. The largest absolute Gasteiger partial charge is 0.385 e. The molecule has 0 saturated carbocycles. The van der Waals surface area contributed by atoms with Crippen LogP contribution in [0.1, 0.15) is 17.5 Å². The molecule has 1 aromatic heterocycles. The molecule has 0 aliphatic carbocycles. The van der Waals surface area contributed by atoms with E-state index in [1.807, 2.05) is 11.6 Å². The molecule has 0 saturated heterocycles. The van der Waals surface area contributed by atoms with E-state index in [1.165, 1.54) is 16.3 Å². The summed E-state index contributed by atoms with van der Waals surface area (Å²) in [6.07, 6.45) is 3.95. The Morgan fingerprint density at radius 1 is 1.25 bits per heavy atom. The number of anilines is 1. The van der Waals surface area contributed by atoms with Gasteiger partial charge < -0.3 is 5.32 Å². The fraction of sp³-hybridized carbons (Fsp3) is 0.308. The van der Waals surface area contributed by atoms with E-state index in [0.29, 0.717) is 0 Å². The highest BCUT2D eigenvalue weighted by atomic mass is 32.1. The second kappa shape index (κ2) is 5.66. The van der Waals surface area contributed by atoms with Gasteiger partial charge in [0, 0.05) is 30.2 Å². The maximum Gasteiger partial charge on any atom is 0.0942 e. The van der Waals surface area contributed by atoms with E-state index in [4.69, 9.17) is 0 Å². The highest BCUT2D eigenvalue weighted by Crippen LogP contribution is 2.10. The van der Waals surface area contributed by atoms with Crippen LogP contribution in [0.5, 0.6) is 0 Å². The van der Waals surface area contributed by atoms with Crippen molar-refractivity contribution in [1.29, 1.82) is 0 Å². The van der Waals surface area contributed by atoms with Crippen molar-refractivity contribution in [3.63, 3.8) is 0 Å². The van der Waals surface area contributed by atoms with Crippen molar-refractivity contribution >= 4 is 17.0 Å². The number of nitrogens with zero attached hydrogens (tertiary/aromatic N) is 1. The minimum Gasteiger partial charge on any atom is -0.385 e. The van der Waals surface area contributed by atoms with Gasteiger partial charge in [0.05, 0.1) is 5.01 Å². The molecule has 0 fully saturated rings. The van der Waals surface area contributed by atoms with Crippen LogP contribution >= 0.6 is 11.3 Å². The molecule has 2 nitrogen and oxygen atoms in total. The molecule has 0 bridgehead atoms. The summed E-state index contributed by atoms with van der Waals surface area (Å²) >= 11 is 1.71. The van der Waals surface area contributed by atoms with Gasteiger partial charge in [-0.05, 0) is 24.1 Å². The van der Waals surface area contributed by atoms with Gasteiger partial charge in [-0.25, -0.2) is 4.98 Å². The lowest BCUT2D eigenvalue weighted by Gasteiger charge is -2.05. The maximum absolute atomic E-state index is 4.25. The van der Waals surface area contributed by atoms with Crippen molar-refractivity contribution in [3.8, 4) is 0 Å². The molecular formula is C13H16N2S. The zero-order valence-corrected chi connectivity index (χ0v) is 10.3. The minimum atomic E-state index is 0.943. The quantitative estimate of drug-likeness (QED) is 0.855. The van der Waals surface area contributed by atoms with Gasteiger partial charge in [0.1, 0.15) is 0 Å². The molecule has 0 aliphatic heterocycles. The number of benzene rings is 1. The normalized spacial score (nSPS) is 10.3. The number of hydrogen-bond donors (Lipinski definition) is 1. The van der Waals surface area contributed by atoms with Crippen molar-refractivity contribution in [2.24, 2.45) is 0 Å². The summed E-state index contributed by atoms with van der Waals surface area (Å²) in [6.45, 7) is 3.11. The third-order valence-electron chi connectivity index (χ3n) is 2.51. The van der Waals surface area contributed by atoms with Crippen LogP contribution in [0.3, 0.4) is 0 Å². The van der Waals surface area contributed by atoms with Crippen LogP contribution in [0.2, 0.25) is 0 Å². The molecule has 1 aromatic carbocycles. The number of hydrogen-bond acceptors (Lipinski definition) is 3. The van der Waals surface area contributed by atoms with Crippen molar-refractivity contribution in [2.75, 3.05) is 11.9 Å². The predicted octanol–water partition coefficient (Wildman–Crippen LogP) is 3.36. The highest BCUT2D eigenvalue weighted by Gasteiger charge is 1.96. The number of thiazole rings is 1. The van der Waals surface area contributed by atoms with E-state index in [9.17, 15) is 0 Å². The minimum absolute atomic E-state index is 0.943. The average molecular weight is 232 g/mol. The van der Waals surface area contributed by atoms with Gasteiger partial charge >= 0.3 is 0 Å². The highest BCUT2D eigenvalue weighted by molar-refractivity contribution is 7.09. The second-order valence-electron chi connectivity index (χ2n) is 3.65. The van der Waals surface area contributed by atoms with Crippen molar-refractivity contribution in [3.05, 3.63) is 46.4 Å². The Balaban J connectivity index is 1.81. The van der Waals surface area contributed by atoms with E-state index < -0.39 is 0 Å². The Kier molecular flexibility index (Phi) is 3.94. The van der Waals surface area contributed by atoms with E-state index in [-0.39, 0.29) is 0 Å². The van der Waals surface area contributed by atoms with Gasteiger partial charge in [0.2, 0.25) is 0 Å². The molecule has 2 rings (SSSR count). The first kappa shape index (κ1) is 11.1. The van der Waals surface area contributed by atoms with Gasteiger partial charge in [-0.15, -0.1) is 11.3 Å². The van der Waals surface area contributed by atoms with Crippen molar-refractivity contribution in [1.82, 2.24) is 4.98 Å². The lowest BCUT2D eigenvalue weighted by atomic mass is 10.1. The summed E-state index contributed by atoms with van der Waals surface area (Å²) in [6, 6.07) is 8.62. The summed E-state index contributed by atoms with van der Waals surface area (Å²) < 4.78 is 0. The molecule has 0 spiro atoms. The Bertz CT molecular complexity index is 406. The smallest absolute Gasteiger partial charge is 0.0942 e. The van der Waals surface area contributed by atoms with Gasteiger partial charge in [-0.3, -0.25) is 0 Å². The topological polar surface area (TPSA) is 24.9 Å². The third-order valence-corrected chi connectivity index (χ3v) is 3.35. The van der Waals surface area contributed by atoms with Gasteiger partial charge in [0.15, 0.2) is 0 Å². The number of aryl methyl sites for hydroxylation is 1. The fourth-order valence-electron chi connectivity index (χ4n) is 1.55. The second-order valence-corrected chi connectivity index (χ2v) is 4.63. The first-order valence-electron chi connectivity index (χ1n) is 5.59. The van der Waals surface area contributed by atoms with Crippen LogP contribution < -0.4 is 5.32 Å². The SMILES string of the molecule is CCc1ccc(NCCc2nccs2)cc1. The Morgan fingerprint density at radius 2 is 2.06 bits per heavy atom. The lowest BCUT2D eigenvalue weighted by Crippen LogP contribution is -2.04. The van der Waals surface area contributed by atoms with Crippen molar-refractivity contribution < 1.29 is 0 Å². The summed E-state index contributed by atoms with van der Waals surface area (Å²) in [4.78, 5) is 4.25. The van der Waals surface area contributed by atoms with E-state index in [2.05, 4.69) is 41.5 Å². The standard InChI is InChI=1S/C13H16N2S/c1-2-11-3-5-12(6-4-11)14-8-7-13-15-9-10-16-13/h3-6,9-10,14H,2,7-8H2,1H3. The van der Waals surface area contributed by atoms with Gasteiger partial charge in [-0.1, -0.05) is 19.1 Å². The Labute approximate surface area is 100 Å². The first-order chi connectivity index (χ1) is 7.88. The number of rotatable bonds is 5. The van der Waals surface area contributed by atoms with Crippen LogP contribution in [-0.2, 0) is 12.8 Å². The molecule has 0 atom stereocenters. The summed E-state index contributed by atoms with van der Waals surface area (Å²) in [5.74, 6) is 0. The van der Waals surface area contributed by atoms with E-state index >= 15 is 0 Å². The molecule has 0 unspecified atom stereocenters. The molecule has 0 aliphatic rings. The molecule has 1 N–H and O–H groups in total. The monoisotopic (exact) mass is 232 g/mol. The Hall–Kier alpha value is -1.35. The molecule has 1 heterocycles. The average Bonchev–Trinajstić information content (AvgIpc) is 2.83. The molecule has 0 amide bonds. The number of nitrogens with one attached hydrogen (secondary N) is 1. The molecule has 2 aromatic rings. The number of aromatic nitrogens is 1. The van der Waals surface area contributed by atoms with E-state index in [1.54, 1.807) is 11.3 Å². The molecule has 84 valence electrons. The van der Waals surface area contributed by atoms with Gasteiger partial charge in [0.25, 0.3) is 0 Å². The third kappa shape index (κ3) is 3.07. The van der Waals surface area contributed by atoms with Crippen molar-refractivity contribution in [2.45, 2.75) is 19.8 Å². The summed E-state index contributed by atoms with van der Waals surface area (Å²) in [5, 5.41) is 6.61. The first-order valence-corrected chi connectivity index (χ1v) is 6.47. The Morgan fingerprint density at radius 3 is 2.69 bits per heavy atom. The summed E-state index contributed by atoms with van der Waals surface area (Å²) in [5.41, 5.74) is 2.57. The fourth-order valence-corrected chi connectivity index (χ4v) is 2.17. The molecular weight excluding hydrogens is 216 g/mol. The molecule has 0 radical (unpaired) electrons. The zero-order chi connectivity index (χ0) is 11.2. The predicted molar refractivity (Wildman–Crippen MR) is 70.1 cm³/mol. The maximum atomic E-state index is 4.25. The van der Waals surface area contributed by atoms with Crippen LogP contribution in [0.4, 0.5) is 5.69 Å². The summed E-state index contributed by atoms with van der Waals surface area (Å²) in [7, 11) is 0. The van der Waals surface area contributed by atoms with Gasteiger partial charge in [-0.2, -0.15) is 0 Å². The van der Waals surface area contributed by atoms with Crippen LogP contribution in [0.15, 0.2) is 35.8 Å². The molecule has 3 heteroatoms. The lowest BCUT2D eigenvalue weighted by molar-refractivity contribution is 0.997.